The third-order valence-corrected chi connectivity index (χ3v) is 6.96. The first-order valence-corrected chi connectivity index (χ1v) is 12.1. The molecule has 17 heteroatoms. The minimum absolute atomic E-state index is 0.0240. The lowest BCUT2D eigenvalue weighted by molar-refractivity contribution is -0.492. The number of carbonyl (C=O) groups excluding carboxylic acids is 1. The molecule has 0 spiro atoms. The van der Waals surface area contributed by atoms with Gasteiger partial charge in [-0.15, -0.1) is 0 Å². The van der Waals surface area contributed by atoms with E-state index in [4.69, 9.17) is 25.7 Å². The average Bonchev–Trinajstić information content (AvgIpc) is 2.67. The highest BCUT2D eigenvalue weighted by atomic mass is 32.3. The van der Waals surface area contributed by atoms with Crippen LogP contribution in [0.4, 0.5) is 0 Å². The van der Waals surface area contributed by atoms with Gasteiger partial charge in [-0.3, -0.25) is 30.4 Å². The minimum Gasteiger partial charge on any atom is -0.462 e. The van der Waals surface area contributed by atoms with Gasteiger partial charge >= 0.3 is 5.97 Å². The second kappa shape index (κ2) is 12.1. The molecule has 0 unspecified atom stereocenters. The monoisotopic (exact) mass is 499 g/mol. The summed E-state index contributed by atoms with van der Waals surface area (Å²) in [5.74, 6) is -0.803. The third-order valence-electron chi connectivity index (χ3n) is 3.20. The van der Waals surface area contributed by atoms with Crippen LogP contribution in [-0.2, 0) is 29.6 Å². The van der Waals surface area contributed by atoms with Crippen molar-refractivity contribution >= 4 is 47.3 Å². The zero-order valence-corrected chi connectivity index (χ0v) is 18.5. The Hall–Kier alpha value is -2.12. The smallest absolute Gasteiger partial charge is 0.338 e. The number of rotatable bonds is 9. The molecule has 1 aromatic carbocycles. The van der Waals surface area contributed by atoms with Crippen molar-refractivity contribution in [1.82, 2.24) is 10.1 Å². The number of sulfonamides is 2. The van der Waals surface area contributed by atoms with Gasteiger partial charge in [-0.25, -0.2) is 26.8 Å². The summed E-state index contributed by atoms with van der Waals surface area (Å²) in [7, 11) is -7.43. The highest BCUT2D eigenvalue weighted by Gasteiger charge is 2.22. The van der Waals surface area contributed by atoms with Crippen LogP contribution in [0.2, 0.25) is 0 Å². The molecule has 0 amide bonds. The van der Waals surface area contributed by atoms with Crippen LogP contribution < -0.4 is 9.86 Å². The number of hydrogen-bond donors (Lipinski definition) is 5. The summed E-state index contributed by atoms with van der Waals surface area (Å²) < 4.78 is 53.6. The molecule has 0 radical (unpaired) electrons. The van der Waals surface area contributed by atoms with Crippen LogP contribution in [0.1, 0.15) is 23.2 Å². The standard InChI is InChI=1S/C14H21N5O9S3/c1-17-14(30(16,23)24)29-13(15)18-31(25,26)11-6-4-5-10(9-11)12(20)27-7-2-3-8-28-19(21)22/h4-6,9,21-22H,2-3,7-8H2,1H3,(H2,15,18)(H2,16,23,24)/b17-14+. The van der Waals surface area contributed by atoms with E-state index in [0.29, 0.717) is 12.8 Å². The summed E-state index contributed by atoms with van der Waals surface area (Å²) in [6.45, 7) is -0.0495. The van der Waals surface area contributed by atoms with Gasteiger partial charge in [0.05, 0.1) is 29.1 Å². The number of esters is 1. The van der Waals surface area contributed by atoms with Crippen molar-refractivity contribution in [2.75, 3.05) is 20.3 Å². The van der Waals surface area contributed by atoms with Crippen LogP contribution in [0.5, 0.6) is 0 Å². The Kier molecular flexibility index (Phi) is 10.5. The molecule has 0 aliphatic rings. The molecule has 31 heavy (non-hydrogen) atoms. The van der Waals surface area contributed by atoms with Gasteiger partial charge in [0.15, 0.2) is 5.17 Å². The van der Waals surface area contributed by atoms with Gasteiger partial charge in [-0.2, -0.15) is 0 Å². The van der Waals surface area contributed by atoms with E-state index in [9.17, 15) is 21.6 Å². The number of benzene rings is 1. The summed E-state index contributed by atoms with van der Waals surface area (Å²) in [5.41, 5.74) is -0.0736. The second-order valence-corrected chi connectivity index (χ2v) is 9.94. The van der Waals surface area contributed by atoms with Crippen molar-refractivity contribution in [3.05, 3.63) is 29.8 Å². The maximum atomic E-state index is 12.4. The van der Waals surface area contributed by atoms with Crippen LogP contribution in [0.25, 0.3) is 0 Å². The molecule has 0 saturated heterocycles. The molecular formula is C14H21N5O9S3. The zero-order valence-electron chi connectivity index (χ0n) is 16.1. The maximum absolute atomic E-state index is 12.4. The van der Waals surface area contributed by atoms with Crippen LogP contribution in [0.15, 0.2) is 34.2 Å². The Balaban J connectivity index is 2.74. The molecule has 0 aliphatic heterocycles. The summed E-state index contributed by atoms with van der Waals surface area (Å²) in [4.78, 5) is 19.4. The number of amidine groups is 1. The third kappa shape index (κ3) is 9.70. The number of carbonyl (C=O) groups is 1. The van der Waals surface area contributed by atoms with Crippen molar-refractivity contribution in [3.63, 3.8) is 0 Å². The molecule has 1 rings (SSSR count). The van der Waals surface area contributed by atoms with E-state index in [1.165, 1.54) is 18.2 Å². The lowest BCUT2D eigenvalue weighted by Crippen LogP contribution is -2.31. The number of nitrogens with one attached hydrogen (secondary N) is 2. The first kappa shape index (κ1) is 26.9. The van der Waals surface area contributed by atoms with Crippen LogP contribution in [-0.4, -0.2) is 68.4 Å². The van der Waals surface area contributed by atoms with E-state index in [1.54, 1.807) is 0 Å². The van der Waals surface area contributed by atoms with Crippen molar-refractivity contribution < 1.29 is 41.6 Å². The topological polar surface area (TPSA) is 222 Å². The van der Waals surface area contributed by atoms with Crippen LogP contribution >= 0.6 is 11.8 Å². The van der Waals surface area contributed by atoms with E-state index < -0.39 is 40.9 Å². The highest BCUT2D eigenvalue weighted by molar-refractivity contribution is 8.42. The molecule has 0 saturated carbocycles. The number of unbranched alkanes of at least 4 members (excludes halogenated alkanes) is 1. The van der Waals surface area contributed by atoms with Crippen LogP contribution in [0, 0.1) is 5.41 Å². The molecule has 174 valence electrons. The predicted molar refractivity (Wildman–Crippen MR) is 109 cm³/mol. The van der Waals surface area contributed by atoms with Crippen LogP contribution in [0.3, 0.4) is 0 Å². The predicted octanol–water partition coefficient (Wildman–Crippen LogP) is -0.144. The number of nitrogens with two attached hydrogens (primary N) is 1. The number of thioether (sulfide) groups is 1. The summed E-state index contributed by atoms with van der Waals surface area (Å²) in [6.07, 6.45) is 0.698. The fourth-order valence-corrected chi connectivity index (χ4v) is 4.54. The first-order valence-electron chi connectivity index (χ1n) is 8.23. The number of nitrogens with zero attached hydrogens (tertiary/aromatic N) is 2. The van der Waals surface area contributed by atoms with Gasteiger partial charge in [-0.05, 0) is 42.8 Å². The first-order chi connectivity index (χ1) is 14.4. The zero-order chi connectivity index (χ0) is 23.7. The number of aliphatic imine (C=N–C) groups is 1. The summed E-state index contributed by atoms with van der Waals surface area (Å²) in [5, 5.41) is 28.1. The second-order valence-electron chi connectivity index (χ2n) is 5.53. The Morgan fingerprint density at radius 2 is 1.90 bits per heavy atom. The highest BCUT2D eigenvalue weighted by Crippen LogP contribution is 2.15. The van der Waals surface area contributed by atoms with E-state index in [0.717, 1.165) is 13.1 Å². The van der Waals surface area contributed by atoms with Crippen molar-refractivity contribution in [2.24, 2.45) is 10.1 Å². The Labute approximate surface area is 182 Å². The largest absolute Gasteiger partial charge is 0.462 e. The molecule has 14 nitrogen and oxygen atoms in total. The fraction of sp³-hybridized carbons (Fsp3) is 0.357. The van der Waals surface area contributed by atoms with Gasteiger partial charge in [-0.1, -0.05) is 6.07 Å². The fourth-order valence-electron chi connectivity index (χ4n) is 1.91. The maximum Gasteiger partial charge on any atom is 0.338 e. The summed E-state index contributed by atoms with van der Waals surface area (Å²) >= 11 is 0.197. The van der Waals surface area contributed by atoms with Gasteiger partial charge in [0.2, 0.25) is 4.38 Å². The molecule has 6 N–H and O–H groups in total. The van der Waals surface area contributed by atoms with Crippen molar-refractivity contribution in [1.29, 1.82) is 5.41 Å². The SMILES string of the molecule is C/N=C(\SC(=N)NS(=O)(=O)c1cccc(C(=O)OCCCCON(O)O)c1)S(N)(=O)=O. The average molecular weight is 500 g/mol. The molecule has 0 fully saturated rings. The number of hydrogen-bond acceptors (Lipinski definition) is 13. The summed E-state index contributed by atoms with van der Waals surface area (Å²) in [6, 6.07) is 4.80. The van der Waals surface area contributed by atoms with Gasteiger partial charge in [0, 0.05) is 7.05 Å². The van der Waals surface area contributed by atoms with E-state index in [1.807, 2.05) is 4.72 Å². The van der Waals surface area contributed by atoms with E-state index in [2.05, 4.69) is 9.83 Å². The van der Waals surface area contributed by atoms with Gasteiger partial charge in [0.1, 0.15) is 0 Å². The van der Waals surface area contributed by atoms with E-state index in [-0.39, 0.29) is 35.4 Å². The Bertz CT molecular complexity index is 1030. The molecule has 0 aromatic heterocycles. The molecule has 0 bridgehead atoms. The molecule has 0 heterocycles. The molecule has 0 atom stereocenters. The molecule has 1 aromatic rings. The number of primary sulfonamides is 1. The lowest BCUT2D eigenvalue weighted by atomic mass is 10.2. The molecule has 0 aliphatic carbocycles. The lowest BCUT2D eigenvalue weighted by Gasteiger charge is -2.10. The normalized spacial score (nSPS) is 12.6. The van der Waals surface area contributed by atoms with Gasteiger partial charge < -0.3 is 4.74 Å². The van der Waals surface area contributed by atoms with E-state index >= 15 is 0 Å². The Morgan fingerprint density at radius 1 is 1.26 bits per heavy atom. The quantitative estimate of drug-likeness (QED) is 0.0988. The molecular weight excluding hydrogens is 478 g/mol. The van der Waals surface area contributed by atoms with Crippen molar-refractivity contribution in [2.45, 2.75) is 17.7 Å². The number of ether oxygens (including phenoxy) is 1. The van der Waals surface area contributed by atoms with Gasteiger partial charge in [0.25, 0.3) is 20.0 Å². The Morgan fingerprint density at radius 3 is 2.48 bits per heavy atom. The van der Waals surface area contributed by atoms with Crippen molar-refractivity contribution in [3.8, 4) is 0 Å². The minimum atomic E-state index is -4.32.